The maximum Gasteiger partial charge on any atom is 0.337 e. The number of Topliss-reactive ketones (excluding diaryl/α,β-unsaturated/α-hetero) is 1. The van der Waals surface area contributed by atoms with Crippen molar-refractivity contribution in [3.8, 4) is 0 Å². The number of ether oxygens (including phenoxy) is 1. The van der Waals surface area contributed by atoms with Gasteiger partial charge in [0, 0.05) is 39.4 Å². The summed E-state index contributed by atoms with van der Waals surface area (Å²) in [6, 6.07) is 13.6. The third kappa shape index (κ3) is 3.12. The molecule has 2 fully saturated rings. The fourth-order valence-electron chi connectivity index (χ4n) is 7.31. The lowest BCUT2D eigenvalue weighted by molar-refractivity contribution is -0.385. The van der Waals surface area contributed by atoms with E-state index in [1.165, 1.54) is 6.07 Å². The van der Waals surface area contributed by atoms with Crippen LogP contribution < -0.4 is 5.32 Å². The Hall–Kier alpha value is -3.74. The minimum atomic E-state index is -0.912. The van der Waals surface area contributed by atoms with Crippen LogP contribution >= 0.6 is 0 Å². The Morgan fingerprint density at radius 3 is 2.41 bits per heavy atom. The third-order valence-corrected chi connectivity index (χ3v) is 9.88. The molecule has 0 aromatic heterocycles. The topological polar surface area (TPSA) is 98.5 Å². The first-order chi connectivity index (χ1) is 17.6. The number of benzene rings is 2. The molecule has 0 spiro atoms. The average molecular weight is 499 g/mol. The van der Waals surface area contributed by atoms with Gasteiger partial charge in [-0.15, -0.1) is 0 Å². The van der Waals surface area contributed by atoms with Gasteiger partial charge in [-0.1, -0.05) is 63.2 Å². The standard InChI is InChI=1S/C30H30N2O5/c1-16-23(28(34)37-22-15-17-13-14-30(22,4)29(17,2)3)24(20-11-7-8-12-21(20)32(35)36)25-26(31-16)18-9-5-6-10-19(18)27(25)33/h5-12,17,22,24,31H,13-15H2,1-4H3/t17-,22-,24+,30-/m1/s1. The molecule has 2 aromatic carbocycles. The summed E-state index contributed by atoms with van der Waals surface area (Å²) in [7, 11) is 0. The van der Waals surface area contributed by atoms with Gasteiger partial charge in [0.15, 0.2) is 5.78 Å². The van der Waals surface area contributed by atoms with Crippen molar-refractivity contribution in [2.75, 3.05) is 0 Å². The predicted molar refractivity (Wildman–Crippen MR) is 138 cm³/mol. The van der Waals surface area contributed by atoms with Crippen molar-refractivity contribution < 1.29 is 19.2 Å². The summed E-state index contributed by atoms with van der Waals surface area (Å²) in [5, 5.41) is 15.3. The number of nitrogens with one attached hydrogen (secondary N) is 1. The van der Waals surface area contributed by atoms with Crippen LogP contribution in [0.2, 0.25) is 0 Å². The highest BCUT2D eigenvalue weighted by Crippen LogP contribution is 2.66. The summed E-state index contributed by atoms with van der Waals surface area (Å²) in [6.45, 7) is 8.50. The molecule has 2 saturated carbocycles. The fraction of sp³-hybridized carbons (Fsp3) is 0.400. The molecule has 2 bridgehead atoms. The summed E-state index contributed by atoms with van der Waals surface area (Å²) in [6.07, 6.45) is 2.69. The van der Waals surface area contributed by atoms with E-state index in [4.69, 9.17) is 4.74 Å². The Kier molecular flexibility index (Phi) is 5.03. The van der Waals surface area contributed by atoms with E-state index in [9.17, 15) is 19.7 Å². The lowest BCUT2D eigenvalue weighted by Crippen LogP contribution is -2.39. The lowest BCUT2D eigenvalue weighted by atomic mass is 9.70. The van der Waals surface area contributed by atoms with Crippen LogP contribution in [0, 0.1) is 26.9 Å². The average Bonchev–Trinajstić information content (AvgIpc) is 3.35. The Morgan fingerprint density at radius 1 is 1.08 bits per heavy atom. The molecular weight excluding hydrogens is 468 g/mol. The Bertz CT molecular complexity index is 1450. The van der Waals surface area contributed by atoms with Gasteiger partial charge in [0.2, 0.25) is 0 Å². The first kappa shape index (κ1) is 23.6. The molecule has 7 heteroatoms. The summed E-state index contributed by atoms with van der Waals surface area (Å²) < 4.78 is 6.27. The van der Waals surface area contributed by atoms with Crippen molar-refractivity contribution in [2.24, 2.45) is 16.7 Å². The highest BCUT2D eigenvalue weighted by atomic mass is 16.6. The highest BCUT2D eigenvalue weighted by Gasteiger charge is 2.63. The summed E-state index contributed by atoms with van der Waals surface area (Å²) in [5.41, 5.74) is 3.13. The second-order valence-corrected chi connectivity index (χ2v) is 11.6. The minimum Gasteiger partial charge on any atom is -0.458 e. The lowest BCUT2D eigenvalue weighted by Gasteiger charge is -2.39. The zero-order chi connectivity index (χ0) is 26.3. The third-order valence-electron chi connectivity index (χ3n) is 9.88. The van der Waals surface area contributed by atoms with Crippen molar-refractivity contribution in [2.45, 2.75) is 59.0 Å². The SMILES string of the molecule is CC1=C(C(=O)O[C@@H]2C[C@H]3CC[C@@]2(C)C3(C)C)[C@H](c2ccccc2[N+](=O)[O-])C2=C(N1)c1ccccc1C2=O. The molecule has 0 radical (unpaired) electrons. The van der Waals surface area contributed by atoms with Gasteiger partial charge < -0.3 is 10.1 Å². The molecule has 1 aliphatic heterocycles. The smallest absolute Gasteiger partial charge is 0.337 e. The van der Waals surface area contributed by atoms with Gasteiger partial charge >= 0.3 is 5.97 Å². The number of hydrogen-bond donors (Lipinski definition) is 1. The molecule has 1 N–H and O–H groups in total. The number of ketones is 1. The van der Waals surface area contributed by atoms with E-state index in [0.29, 0.717) is 34.0 Å². The monoisotopic (exact) mass is 498 g/mol. The van der Waals surface area contributed by atoms with Crippen molar-refractivity contribution >= 4 is 23.1 Å². The molecular formula is C30H30N2O5. The van der Waals surface area contributed by atoms with Crippen LogP contribution in [0.4, 0.5) is 5.69 Å². The molecule has 4 aliphatic rings. The Morgan fingerprint density at radius 2 is 1.76 bits per heavy atom. The van der Waals surface area contributed by atoms with Crippen LogP contribution in [0.5, 0.6) is 0 Å². The van der Waals surface area contributed by atoms with Crippen LogP contribution in [0.15, 0.2) is 65.4 Å². The van der Waals surface area contributed by atoms with Gasteiger partial charge in [0.1, 0.15) is 6.10 Å². The number of nitro groups is 1. The number of dihydropyridines is 1. The second-order valence-electron chi connectivity index (χ2n) is 11.6. The van der Waals surface area contributed by atoms with Gasteiger partial charge in [-0.2, -0.15) is 0 Å². The summed E-state index contributed by atoms with van der Waals surface area (Å²) >= 11 is 0. The van der Waals surface area contributed by atoms with E-state index >= 15 is 0 Å². The van der Waals surface area contributed by atoms with Crippen LogP contribution in [0.25, 0.3) is 5.70 Å². The first-order valence-electron chi connectivity index (χ1n) is 12.9. The number of rotatable bonds is 4. The zero-order valence-corrected chi connectivity index (χ0v) is 21.5. The quantitative estimate of drug-likeness (QED) is 0.319. The van der Waals surface area contributed by atoms with E-state index in [1.807, 2.05) is 12.1 Å². The zero-order valence-electron chi connectivity index (χ0n) is 21.5. The maximum atomic E-state index is 14.0. The first-order valence-corrected chi connectivity index (χ1v) is 12.9. The van der Waals surface area contributed by atoms with E-state index in [0.717, 1.165) is 24.8 Å². The molecule has 190 valence electrons. The molecule has 3 aliphatic carbocycles. The van der Waals surface area contributed by atoms with Crippen LogP contribution in [-0.4, -0.2) is 22.8 Å². The number of hydrogen-bond acceptors (Lipinski definition) is 6. The highest BCUT2D eigenvalue weighted by molar-refractivity contribution is 6.23. The molecule has 37 heavy (non-hydrogen) atoms. The molecule has 4 atom stereocenters. The van der Waals surface area contributed by atoms with E-state index in [-0.39, 0.29) is 34.0 Å². The van der Waals surface area contributed by atoms with E-state index in [1.54, 1.807) is 37.3 Å². The normalized spacial score (nSPS) is 29.2. The number of para-hydroxylation sites is 1. The number of nitro benzene ring substituents is 1. The molecule has 7 nitrogen and oxygen atoms in total. The van der Waals surface area contributed by atoms with Crippen molar-refractivity contribution in [3.63, 3.8) is 0 Å². The van der Waals surface area contributed by atoms with Gasteiger partial charge in [0.25, 0.3) is 5.69 Å². The van der Waals surface area contributed by atoms with E-state index in [2.05, 4.69) is 26.1 Å². The van der Waals surface area contributed by atoms with Gasteiger partial charge in [-0.05, 0) is 37.5 Å². The maximum absolute atomic E-state index is 14.0. The van der Waals surface area contributed by atoms with Crippen LogP contribution in [-0.2, 0) is 9.53 Å². The number of esters is 1. The van der Waals surface area contributed by atoms with Gasteiger partial charge in [-0.25, -0.2) is 4.79 Å². The fourth-order valence-corrected chi connectivity index (χ4v) is 7.31. The number of fused-ring (bicyclic) bond motifs is 4. The molecule has 0 amide bonds. The number of nitrogens with zero attached hydrogens (tertiary/aromatic N) is 1. The largest absolute Gasteiger partial charge is 0.458 e. The van der Waals surface area contributed by atoms with Crippen molar-refractivity contribution in [1.82, 2.24) is 5.32 Å². The van der Waals surface area contributed by atoms with E-state index < -0.39 is 16.8 Å². The molecule has 0 unspecified atom stereocenters. The molecule has 6 rings (SSSR count). The minimum absolute atomic E-state index is 0.0581. The second kappa shape index (κ2) is 7.88. The van der Waals surface area contributed by atoms with Crippen LogP contribution in [0.3, 0.4) is 0 Å². The Balaban J connectivity index is 1.47. The number of carbonyl (C=O) groups excluding carboxylic acids is 2. The molecule has 2 aromatic rings. The van der Waals surface area contributed by atoms with Gasteiger partial charge in [0.05, 0.1) is 22.1 Å². The van der Waals surface area contributed by atoms with Crippen LogP contribution in [0.1, 0.15) is 74.4 Å². The predicted octanol–water partition coefficient (Wildman–Crippen LogP) is 5.92. The van der Waals surface area contributed by atoms with Crippen molar-refractivity contribution in [3.05, 3.63) is 92.2 Å². The summed E-state index contributed by atoms with van der Waals surface area (Å²) in [4.78, 5) is 39.3. The Labute approximate surface area is 215 Å². The summed E-state index contributed by atoms with van der Waals surface area (Å²) in [5.74, 6) is -1.17. The number of carbonyl (C=O) groups is 2. The molecule has 0 saturated heterocycles. The number of allylic oxidation sites excluding steroid dienone is 2. The van der Waals surface area contributed by atoms with Crippen molar-refractivity contribution in [1.29, 1.82) is 0 Å². The van der Waals surface area contributed by atoms with Gasteiger partial charge in [-0.3, -0.25) is 14.9 Å². The molecule has 1 heterocycles.